The summed E-state index contributed by atoms with van der Waals surface area (Å²) in [5.74, 6) is 0.852. The Labute approximate surface area is 146 Å². The molecule has 124 valence electrons. The molecule has 1 aromatic heterocycles. The van der Waals surface area contributed by atoms with Crippen molar-refractivity contribution in [2.75, 3.05) is 11.5 Å². The van der Waals surface area contributed by atoms with Crippen molar-refractivity contribution in [2.24, 2.45) is 0 Å². The summed E-state index contributed by atoms with van der Waals surface area (Å²) in [4.78, 5) is 5.36. The molecule has 3 aromatic rings. The number of hydrogen-bond donors (Lipinski definition) is 3. The van der Waals surface area contributed by atoms with Crippen molar-refractivity contribution in [1.82, 2.24) is 4.98 Å². The summed E-state index contributed by atoms with van der Waals surface area (Å²) in [7, 11) is 0. The van der Waals surface area contributed by atoms with Crippen LogP contribution in [0.3, 0.4) is 0 Å². The minimum atomic E-state index is 0.0208. The predicted octanol–water partition coefficient (Wildman–Crippen LogP) is 4.86. The van der Waals surface area contributed by atoms with E-state index in [0.29, 0.717) is 11.4 Å². The van der Waals surface area contributed by atoms with E-state index in [4.69, 9.17) is 16.2 Å². The van der Waals surface area contributed by atoms with E-state index in [1.165, 1.54) is 0 Å². The standard InChI is InChI=1S/C19H21N3OS/c1-2-19(18-7-4-10-22-18)23-13-5-3-6-14(11-13)24-15-8-9-16(20)17(21)12-15/h3-12,19,22H,2,20-21H2,1H3. The number of nitrogens with two attached hydrogens (primary N) is 2. The van der Waals surface area contributed by atoms with Gasteiger partial charge in [0.1, 0.15) is 11.9 Å². The summed E-state index contributed by atoms with van der Waals surface area (Å²) in [5, 5.41) is 0. The van der Waals surface area contributed by atoms with Crippen LogP contribution in [-0.2, 0) is 0 Å². The number of rotatable bonds is 6. The Morgan fingerprint density at radius 2 is 1.83 bits per heavy atom. The van der Waals surface area contributed by atoms with E-state index in [9.17, 15) is 0 Å². The SMILES string of the molecule is CCC(Oc1cccc(Sc2ccc(N)c(N)c2)c1)c1ccc[nH]1. The van der Waals surface area contributed by atoms with Gasteiger partial charge in [0.2, 0.25) is 0 Å². The number of benzene rings is 2. The average molecular weight is 339 g/mol. The molecule has 5 N–H and O–H groups in total. The van der Waals surface area contributed by atoms with Crippen LogP contribution in [-0.4, -0.2) is 4.98 Å². The first-order valence-electron chi connectivity index (χ1n) is 7.88. The van der Waals surface area contributed by atoms with Crippen LogP contribution in [0.25, 0.3) is 0 Å². The summed E-state index contributed by atoms with van der Waals surface area (Å²) < 4.78 is 6.14. The summed E-state index contributed by atoms with van der Waals surface area (Å²) >= 11 is 1.63. The lowest BCUT2D eigenvalue weighted by Crippen LogP contribution is -2.06. The van der Waals surface area contributed by atoms with Crippen molar-refractivity contribution in [3.8, 4) is 5.75 Å². The van der Waals surface area contributed by atoms with E-state index < -0.39 is 0 Å². The Balaban J connectivity index is 1.75. The molecule has 0 saturated carbocycles. The number of anilines is 2. The topological polar surface area (TPSA) is 77.1 Å². The molecule has 24 heavy (non-hydrogen) atoms. The lowest BCUT2D eigenvalue weighted by molar-refractivity contribution is 0.196. The highest BCUT2D eigenvalue weighted by Gasteiger charge is 2.12. The Hall–Kier alpha value is -2.53. The summed E-state index contributed by atoms with van der Waals surface area (Å²) in [6, 6.07) is 17.8. The average Bonchev–Trinajstić information content (AvgIpc) is 3.11. The molecule has 4 nitrogen and oxygen atoms in total. The Bertz CT molecular complexity index is 802. The van der Waals surface area contributed by atoms with Crippen molar-refractivity contribution in [1.29, 1.82) is 0 Å². The number of ether oxygens (including phenoxy) is 1. The summed E-state index contributed by atoms with van der Waals surface area (Å²) in [6.45, 7) is 2.11. The molecule has 0 radical (unpaired) electrons. The Morgan fingerprint density at radius 1 is 1.00 bits per heavy atom. The highest BCUT2D eigenvalue weighted by molar-refractivity contribution is 7.99. The van der Waals surface area contributed by atoms with Crippen molar-refractivity contribution < 1.29 is 4.74 Å². The van der Waals surface area contributed by atoms with Gasteiger partial charge in [-0.05, 0) is 55.0 Å². The van der Waals surface area contributed by atoms with E-state index in [2.05, 4.69) is 18.0 Å². The first-order valence-corrected chi connectivity index (χ1v) is 8.70. The molecule has 0 aliphatic heterocycles. The van der Waals surface area contributed by atoms with E-state index in [1.807, 2.05) is 54.7 Å². The molecule has 0 saturated heterocycles. The van der Waals surface area contributed by atoms with Gasteiger partial charge < -0.3 is 21.2 Å². The van der Waals surface area contributed by atoms with Crippen molar-refractivity contribution in [3.05, 3.63) is 66.5 Å². The lowest BCUT2D eigenvalue weighted by atomic mass is 10.2. The van der Waals surface area contributed by atoms with Gasteiger partial charge in [0.05, 0.1) is 17.1 Å². The number of H-pyrrole nitrogens is 1. The molecule has 5 heteroatoms. The van der Waals surface area contributed by atoms with Gasteiger partial charge in [-0.2, -0.15) is 0 Å². The molecule has 0 spiro atoms. The summed E-state index contributed by atoms with van der Waals surface area (Å²) in [6.07, 6.45) is 2.83. The normalized spacial score (nSPS) is 12.0. The first-order chi connectivity index (χ1) is 11.7. The molecule has 0 aliphatic carbocycles. The van der Waals surface area contributed by atoms with Gasteiger partial charge in [0, 0.05) is 16.0 Å². The van der Waals surface area contributed by atoms with E-state index in [0.717, 1.165) is 27.7 Å². The molecule has 0 amide bonds. The molecule has 1 unspecified atom stereocenters. The van der Waals surface area contributed by atoms with Crippen LogP contribution in [0.1, 0.15) is 25.1 Å². The van der Waals surface area contributed by atoms with Crippen LogP contribution in [0.5, 0.6) is 5.75 Å². The fraction of sp³-hybridized carbons (Fsp3) is 0.158. The number of hydrogen-bond acceptors (Lipinski definition) is 4. The van der Waals surface area contributed by atoms with Crippen LogP contribution in [0.15, 0.2) is 70.6 Å². The van der Waals surface area contributed by atoms with Gasteiger partial charge in [-0.25, -0.2) is 0 Å². The molecule has 1 atom stereocenters. The van der Waals surface area contributed by atoms with Crippen LogP contribution in [0.4, 0.5) is 11.4 Å². The highest BCUT2D eigenvalue weighted by Crippen LogP contribution is 2.33. The van der Waals surface area contributed by atoms with E-state index >= 15 is 0 Å². The van der Waals surface area contributed by atoms with Gasteiger partial charge >= 0.3 is 0 Å². The van der Waals surface area contributed by atoms with Crippen molar-refractivity contribution >= 4 is 23.1 Å². The number of nitrogens with one attached hydrogen (secondary N) is 1. The molecular weight excluding hydrogens is 318 g/mol. The maximum Gasteiger partial charge on any atom is 0.138 e. The third kappa shape index (κ3) is 3.86. The van der Waals surface area contributed by atoms with Crippen LogP contribution in [0.2, 0.25) is 0 Å². The lowest BCUT2D eigenvalue weighted by Gasteiger charge is -2.17. The molecular formula is C19H21N3OS. The largest absolute Gasteiger partial charge is 0.484 e. The quantitative estimate of drug-likeness (QED) is 0.560. The molecule has 2 aromatic carbocycles. The fourth-order valence-electron chi connectivity index (χ4n) is 2.44. The van der Waals surface area contributed by atoms with Crippen LogP contribution in [0, 0.1) is 0 Å². The molecule has 0 aliphatic rings. The number of nitrogen functional groups attached to an aromatic ring is 2. The Morgan fingerprint density at radius 3 is 2.54 bits per heavy atom. The van der Waals surface area contributed by atoms with E-state index in [-0.39, 0.29) is 6.10 Å². The van der Waals surface area contributed by atoms with Crippen molar-refractivity contribution in [2.45, 2.75) is 29.2 Å². The van der Waals surface area contributed by atoms with Gasteiger partial charge in [-0.1, -0.05) is 24.8 Å². The predicted molar refractivity (Wildman–Crippen MR) is 100 cm³/mol. The molecule has 0 fully saturated rings. The van der Waals surface area contributed by atoms with Crippen LogP contribution < -0.4 is 16.2 Å². The van der Waals surface area contributed by atoms with Gasteiger partial charge in [0.25, 0.3) is 0 Å². The monoisotopic (exact) mass is 339 g/mol. The Kier molecular flexibility index (Phi) is 5.01. The minimum Gasteiger partial charge on any atom is -0.484 e. The zero-order valence-electron chi connectivity index (χ0n) is 13.5. The maximum atomic E-state index is 6.14. The van der Waals surface area contributed by atoms with Crippen molar-refractivity contribution in [3.63, 3.8) is 0 Å². The third-order valence-corrected chi connectivity index (χ3v) is 4.70. The second kappa shape index (κ2) is 7.36. The maximum absolute atomic E-state index is 6.14. The summed E-state index contributed by atoms with van der Waals surface area (Å²) in [5.41, 5.74) is 13.9. The van der Waals surface area contributed by atoms with Gasteiger partial charge in [-0.3, -0.25) is 0 Å². The highest BCUT2D eigenvalue weighted by atomic mass is 32.2. The van der Waals surface area contributed by atoms with E-state index in [1.54, 1.807) is 11.8 Å². The van der Waals surface area contributed by atoms with Gasteiger partial charge in [-0.15, -0.1) is 0 Å². The van der Waals surface area contributed by atoms with Gasteiger partial charge in [0.15, 0.2) is 0 Å². The number of aromatic amines is 1. The molecule has 1 heterocycles. The second-order valence-corrected chi connectivity index (χ2v) is 6.65. The molecule has 0 bridgehead atoms. The van der Waals surface area contributed by atoms with Crippen LogP contribution >= 0.6 is 11.8 Å². The zero-order chi connectivity index (χ0) is 16.9. The minimum absolute atomic E-state index is 0.0208. The second-order valence-electron chi connectivity index (χ2n) is 5.51. The fourth-order valence-corrected chi connectivity index (χ4v) is 3.35. The number of aromatic nitrogens is 1. The third-order valence-electron chi connectivity index (χ3n) is 3.72. The smallest absolute Gasteiger partial charge is 0.138 e. The zero-order valence-corrected chi connectivity index (χ0v) is 14.3. The molecule has 3 rings (SSSR count). The first kappa shape index (κ1) is 16.3.